The number of phenols is 1. The number of hydrogen-bond acceptors (Lipinski definition) is 8. The average molecular weight is 506 g/mol. The lowest BCUT2D eigenvalue weighted by atomic mass is 10.0. The van der Waals surface area contributed by atoms with Gasteiger partial charge in [0.25, 0.3) is 5.69 Å². The van der Waals surface area contributed by atoms with E-state index in [1.165, 1.54) is 58.8 Å². The number of nitro benzene ring substituents is 1. The molecular formula is C28H27NO8. The zero-order chi connectivity index (χ0) is 26.9. The summed E-state index contributed by atoms with van der Waals surface area (Å²) >= 11 is 0. The molecule has 0 aliphatic carbocycles. The molecule has 0 saturated heterocycles. The number of aromatic hydroxyl groups is 1. The van der Waals surface area contributed by atoms with Gasteiger partial charge in [-0.1, -0.05) is 18.2 Å². The summed E-state index contributed by atoms with van der Waals surface area (Å²) < 4.78 is 21.4. The lowest BCUT2D eigenvalue weighted by Crippen LogP contribution is -1.96. The van der Waals surface area contributed by atoms with E-state index in [2.05, 4.69) is 0 Å². The first-order valence-corrected chi connectivity index (χ1v) is 11.1. The van der Waals surface area contributed by atoms with Gasteiger partial charge in [-0.05, 0) is 65.6 Å². The first kappa shape index (κ1) is 26.8. The number of non-ortho nitro benzene ring substituents is 1. The first-order valence-electron chi connectivity index (χ1n) is 11.1. The molecule has 0 bridgehead atoms. The molecule has 0 radical (unpaired) electrons. The molecule has 37 heavy (non-hydrogen) atoms. The van der Waals surface area contributed by atoms with E-state index in [0.717, 1.165) is 11.1 Å². The molecule has 3 aromatic carbocycles. The molecule has 0 unspecified atom stereocenters. The van der Waals surface area contributed by atoms with E-state index in [0.29, 0.717) is 40.5 Å². The van der Waals surface area contributed by atoms with Gasteiger partial charge in [-0.3, -0.25) is 14.9 Å². The maximum atomic E-state index is 12.5. The van der Waals surface area contributed by atoms with Gasteiger partial charge in [-0.25, -0.2) is 0 Å². The average Bonchev–Trinajstić information content (AvgIpc) is 2.91. The Morgan fingerprint density at radius 2 is 1.51 bits per heavy atom. The van der Waals surface area contributed by atoms with Gasteiger partial charge in [-0.15, -0.1) is 0 Å². The van der Waals surface area contributed by atoms with Gasteiger partial charge in [0.15, 0.2) is 28.8 Å². The van der Waals surface area contributed by atoms with Crippen molar-refractivity contribution in [3.8, 4) is 28.7 Å². The summed E-state index contributed by atoms with van der Waals surface area (Å²) in [6.45, 7) is 0. The van der Waals surface area contributed by atoms with Crippen LogP contribution in [0.25, 0.3) is 12.2 Å². The van der Waals surface area contributed by atoms with Gasteiger partial charge in [0, 0.05) is 17.7 Å². The summed E-state index contributed by atoms with van der Waals surface area (Å²) in [5.74, 6) is 1.48. The van der Waals surface area contributed by atoms with E-state index in [9.17, 15) is 20.0 Å². The topological polar surface area (TPSA) is 117 Å². The molecule has 3 rings (SSSR count). The number of methoxy groups -OCH3 is 4. The van der Waals surface area contributed by atoms with Gasteiger partial charge in [0.1, 0.15) is 0 Å². The second kappa shape index (κ2) is 12.3. The highest BCUT2D eigenvalue weighted by Gasteiger charge is 2.13. The van der Waals surface area contributed by atoms with E-state index < -0.39 is 4.92 Å². The van der Waals surface area contributed by atoms with Crippen molar-refractivity contribution in [1.29, 1.82) is 0 Å². The van der Waals surface area contributed by atoms with Crippen LogP contribution in [0.2, 0.25) is 0 Å². The molecule has 192 valence electrons. The number of nitro groups is 1. The highest BCUT2D eigenvalue weighted by molar-refractivity contribution is 6.04. The lowest BCUT2D eigenvalue weighted by molar-refractivity contribution is -0.384. The number of nitrogens with zero attached hydrogens (tertiary/aromatic N) is 1. The monoisotopic (exact) mass is 505 g/mol. The minimum atomic E-state index is -0.518. The molecular weight excluding hydrogens is 478 g/mol. The van der Waals surface area contributed by atoms with Crippen molar-refractivity contribution in [2.75, 3.05) is 28.4 Å². The Morgan fingerprint density at radius 1 is 0.892 bits per heavy atom. The summed E-state index contributed by atoms with van der Waals surface area (Å²) in [4.78, 5) is 22.8. The third kappa shape index (κ3) is 6.46. The second-order valence-electron chi connectivity index (χ2n) is 7.79. The van der Waals surface area contributed by atoms with Gasteiger partial charge >= 0.3 is 0 Å². The number of carbonyl (C=O) groups excluding carboxylic acids is 1. The molecule has 0 spiro atoms. The van der Waals surface area contributed by atoms with Gasteiger partial charge in [-0.2, -0.15) is 0 Å². The number of allylic oxidation sites excluding steroid dienone is 2. The van der Waals surface area contributed by atoms with E-state index in [4.69, 9.17) is 18.9 Å². The number of carbonyl (C=O) groups is 1. The van der Waals surface area contributed by atoms with Crippen molar-refractivity contribution in [2.45, 2.75) is 6.42 Å². The second-order valence-corrected chi connectivity index (χ2v) is 7.79. The number of ketones is 1. The number of hydrogen-bond donors (Lipinski definition) is 1. The Balaban J connectivity index is 1.88. The summed E-state index contributed by atoms with van der Waals surface area (Å²) in [6, 6.07) is 12.3. The minimum Gasteiger partial charge on any atom is -0.504 e. The molecule has 0 saturated carbocycles. The Labute approximate surface area is 214 Å². The summed E-state index contributed by atoms with van der Waals surface area (Å²) in [5, 5.41) is 21.1. The van der Waals surface area contributed by atoms with Gasteiger partial charge < -0.3 is 24.1 Å². The maximum absolute atomic E-state index is 12.5. The van der Waals surface area contributed by atoms with Crippen LogP contribution in [0.1, 0.15) is 27.0 Å². The molecule has 3 aromatic rings. The summed E-state index contributed by atoms with van der Waals surface area (Å²) in [5.41, 5.74) is 2.54. The van der Waals surface area contributed by atoms with E-state index in [1.807, 2.05) is 12.2 Å². The predicted molar refractivity (Wildman–Crippen MR) is 140 cm³/mol. The van der Waals surface area contributed by atoms with Crippen molar-refractivity contribution in [3.05, 3.63) is 93.1 Å². The molecule has 0 heterocycles. The zero-order valence-corrected chi connectivity index (χ0v) is 20.9. The molecule has 0 aliphatic rings. The van der Waals surface area contributed by atoms with Crippen LogP contribution < -0.4 is 18.9 Å². The molecule has 1 N–H and O–H groups in total. The Morgan fingerprint density at radius 3 is 2.05 bits per heavy atom. The highest BCUT2D eigenvalue weighted by atomic mass is 16.6. The molecule has 9 heteroatoms. The van der Waals surface area contributed by atoms with Crippen molar-refractivity contribution in [2.24, 2.45) is 0 Å². The summed E-state index contributed by atoms with van der Waals surface area (Å²) in [7, 11) is 6.06. The van der Waals surface area contributed by atoms with Crippen molar-refractivity contribution in [3.63, 3.8) is 0 Å². The maximum Gasteiger partial charge on any atom is 0.269 e. The zero-order valence-electron chi connectivity index (χ0n) is 20.9. The molecule has 0 atom stereocenters. The predicted octanol–water partition coefficient (Wildman–Crippen LogP) is 5.49. The van der Waals surface area contributed by atoms with Crippen LogP contribution in [0.15, 0.2) is 60.7 Å². The first-order chi connectivity index (χ1) is 17.8. The highest BCUT2D eigenvalue weighted by Crippen LogP contribution is 2.39. The number of benzene rings is 3. The smallest absolute Gasteiger partial charge is 0.269 e. The standard InChI is InChI=1S/C28H27NO8/c1-34-25-17-20(6-5-7-23(30)19-10-12-22(13-11-19)29(32)33)21(16-24(25)31)9-8-18-14-26(35-2)28(37-4)27(15-18)36-3/h5,7-17,31H,6H2,1-4H3/b7-5-,9-8-. The quantitative estimate of drug-likeness (QED) is 0.120. The Bertz CT molecular complexity index is 1320. The van der Waals surface area contributed by atoms with Crippen molar-refractivity contribution >= 4 is 23.6 Å². The third-order valence-electron chi connectivity index (χ3n) is 5.55. The van der Waals surface area contributed by atoms with E-state index >= 15 is 0 Å². The fourth-order valence-corrected chi connectivity index (χ4v) is 3.64. The molecule has 9 nitrogen and oxygen atoms in total. The van der Waals surface area contributed by atoms with Crippen LogP contribution in [0.5, 0.6) is 28.7 Å². The normalized spacial score (nSPS) is 11.0. The molecule has 0 fully saturated rings. The van der Waals surface area contributed by atoms with E-state index in [1.54, 1.807) is 30.3 Å². The Hall–Kier alpha value is -4.79. The number of ether oxygens (including phenoxy) is 4. The van der Waals surface area contributed by atoms with Crippen LogP contribution in [0.3, 0.4) is 0 Å². The minimum absolute atomic E-state index is 0.0262. The molecule has 0 aliphatic heterocycles. The fourth-order valence-electron chi connectivity index (χ4n) is 3.64. The third-order valence-corrected chi connectivity index (χ3v) is 5.55. The van der Waals surface area contributed by atoms with Crippen LogP contribution in [0.4, 0.5) is 5.69 Å². The van der Waals surface area contributed by atoms with E-state index in [-0.39, 0.29) is 17.2 Å². The van der Waals surface area contributed by atoms with Gasteiger partial charge in [0.2, 0.25) is 5.75 Å². The molecule has 0 amide bonds. The van der Waals surface area contributed by atoms with Gasteiger partial charge in [0.05, 0.1) is 33.4 Å². The summed E-state index contributed by atoms with van der Waals surface area (Å²) in [6.07, 6.45) is 7.12. The number of rotatable bonds is 11. The fraction of sp³-hybridized carbons (Fsp3) is 0.179. The van der Waals surface area contributed by atoms with Crippen molar-refractivity contribution in [1.82, 2.24) is 0 Å². The van der Waals surface area contributed by atoms with Crippen LogP contribution in [-0.4, -0.2) is 44.3 Å². The lowest BCUT2D eigenvalue weighted by Gasteiger charge is -2.13. The van der Waals surface area contributed by atoms with Crippen LogP contribution >= 0.6 is 0 Å². The van der Waals surface area contributed by atoms with Crippen molar-refractivity contribution < 1.29 is 33.8 Å². The SMILES string of the molecule is COc1cc(C/C=C\C(=O)c2ccc([N+](=O)[O-])cc2)c(/C=C\c2cc(OC)c(OC)c(OC)c2)cc1O. The largest absolute Gasteiger partial charge is 0.504 e. The van der Waals surface area contributed by atoms with Crippen LogP contribution in [-0.2, 0) is 6.42 Å². The number of phenolic OH excluding ortho intramolecular Hbond substituents is 1. The molecule has 0 aromatic heterocycles. The Kier molecular flexibility index (Phi) is 8.88. The van der Waals surface area contributed by atoms with Crippen LogP contribution in [0, 0.1) is 10.1 Å².